The number of hydrogen-bond donors (Lipinski definition) is 18. The van der Waals surface area contributed by atoms with E-state index in [-0.39, 0.29) is 50.0 Å². The summed E-state index contributed by atoms with van der Waals surface area (Å²) in [5.41, 5.74) is -11.4. The highest BCUT2D eigenvalue weighted by Gasteiger charge is 2.69. The van der Waals surface area contributed by atoms with Gasteiger partial charge in [0.2, 0.25) is 0 Å². The van der Waals surface area contributed by atoms with Crippen molar-refractivity contribution < 1.29 is 149 Å². The van der Waals surface area contributed by atoms with Gasteiger partial charge in [0.25, 0.3) is 0 Å². The molecule has 30 nitrogen and oxygen atoms in total. The average molecular weight is 1510 g/mol. The molecule has 6 heterocycles. The molecular weight excluding hydrogens is 1400 g/mol. The van der Waals surface area contributed by atoms with Crippen LogP contribution in [0.15, 0.2) is 119 Å². The molecule has 594 valence electrons. The minimum Gasteiger partial charge on any atom is -0.394 e. The zero-order valence-corrected chi connectivity index (χ0v) is 61.2. The van der Waals surface area contributed by atoms with E-state index >= 15 is 19.2 Å². The lowest BCUT2D eigenvalue weighted by molar-refractivity contribution is -0.299. The van der Waals surface area contributed by atoms with Crippen molar-refractivity contribution in [3.8, 4) is 0 Å². The fourth-order valence-corrected chi connectivity index (χ4v) is 18.4. The van der Waals surface area contributed by atoms with Gasteiger partial charge in [0.15, 0.2) is 60.9 Å². The number of rotatable bonds is 10. The highest BCUT2D eigenvalue weighted by molar-refractivity contribution is 5.97. The third-order valence-corrected chi connectivity index (χ3v) is 25.3. The molecule has 18 N–H and O–H groups in total. The molecule has 0 saturated carbocycles. The number of aliphatic hydroxyl groups excluding tert-OH is 18. The van der Waals surface area contributed by atoms with Gasteiger partial charge in [-0.1, -0.05) is 113 Å². The van der Waals surface area contributed by atoms with Gasteiger partial charge in [0.1, 0.15) is 94.9 Å². The predicted molar refractivity (Wildman–Crippen MR) is 370 cm³/mol. The monoisotopic (exact) mass is 1510 g/mol. The van der Waals surface area contributed by atoms with Crippen LogP contribution in [-0.4, -0.2) is 288 Å². The minimum absolute atomic E-state index is 0.0599. The lowest BCUT2D eigenvalue weighted by Gasteiger charge is -2.47. The Morgan fingerprint density at radius 1 is 0.421 bits per heavy atom. The van der Waals surface area contributed by atoms with Crippen LogP contribution in [0.2, 0.25) is 0 Å². The summed E-state index contributed by atoms with van der Waals surface area (Å²) in [5.74, 6) is -13.9. The van der Waals surface area contributed by atoms with Gasteiger partial charge in [0.05, 0.1) is 64.1 Å². The number of ether oxygens (including phenoxy) is 8. The molecule has 0 radical (unpaired) electrons. The average Bonchev–Trinajstić information content (AvgIpc) is 1.59. The van der Waals surface area contributed by atoms with Crippen molar-refractivity contribution in [1.82, 2.24) is 0 Å². The van der Waals surface area contributed by atoms with E-state index in [1.165, 1.54) is 88.5 Å². The molecule has 24 unspecified atom stereocenters. The van der Waals surface area contributed by atoms with Crippen LogP contribution in [0.3, 0.4) is 0 Å². The lowest BCUT2D eigenvalue weighted by atomic mass is 9.59. The first-order chi connectivity index (χ1) is 50.2. The van der Waals surface area contributed by atoms with Crippen LogP contribution < -0.4 is 0 Å². The summed E-state index contributed by atoms with van der Waals surface area (Å²) in [6, 6.07) is 0. The number of Topliss-reactive ketones (excluding diaryl/α,β-unsaturated/α-hetero) is 4. The molecule has 6 fully saturated rings. The predicted octanol–water partition coefficient (Wildman–Crippen LogP) is -2.23. The lowest BCUT2D eigenvalue weighted by Crippen LogP contribution is -2.59. The third kappa shape index (κ3) is 14.0. The van der Waals surface area contributed by atoms with Gasteiger partial charge in [-0.3, -0.25) is 19.2 Å². The summed E-state index contributed by atoms with van der Waals surface area (Å²) in [7, 11) is 0. The topological polar surface area (TPSA) is 506 Å². The Morgan fingerprint density at radius 2 is 0.785 bits per heavy atom. The molecule has 0 amide bonds. The van der Waals surface area contributed by atoms with Gasteiger partial charge < -0.3 is 130 Å². The van der Waals surface area contributed by atoms with Crippen molar-refractivity contribution in [3.05, 3.63) is 119 Å². The van der Waals surface area contributed by atoms with Gasteiger partial charge in [-0.15, -0.1) is 0 Å². The summed E-state index contributed by atoms with van der Waals surface area (Å²) >= 11 is 0. The molecular formula is C77H106O30. The van der Waals surface area contributed by atoms with E-state index in [0.29, 0.717) is 22.3 Å². The van der Waals surface area contributed by atoms with E-state index in [2.05, 4.69) is 0 Å². The number of carbonyl (C=O) groups is 4. The van der Waals surface area contributed by atoms with Gasteiger partial charge in [-0.25, -0.2) is 0 Å². The van der Waals surface area contributed by atoms with Crippen LogP contribution in [0.25, 0.3) is 0 Å². The molecule has 0 aromatic heterocycles. The number of hydrogen-bond acceptors (Lipinski definition) is 30. The van der Waals surface area contributed by atoms with Crippen molar-refractivity contribution in [3.63, 3.8) is 0 Å². The maximum Gasteiger partial charge on any atom is 0.187 e. The van der Waals surface area contributed by atoms with Crippen LogP contribution in [-0.2, 0) is 57.1 Å². The Kier molecular flexibility index (Phi) is 24.2. The van der Waals surface area contributed by atoms with Crippen LogP contribution in [0.1, 0.15) is 88.0 Å². The van der Waals surface area contributed by atoms with Gasteiger partial charge >= 0.3 is 0 Å². The van der Waals surface area contributed by atoms with E-state index in [9.17, 15) is 91.9 Å². The first kappa shape index (κ1) is 83.0. The Morgan fingerprint density at radius 3 is 1.22 bits per heavy atom. The van der Waals surface area contributed by atoms with Crippen molar-refractivity contribution in [1.29, 1.82) is 0 Å². The molecule has 107 heavy (non-hydrogen) atoms. The number of aliphatic hydroxyl groups is 18. The summed E-state index contributed by atoms with van der Waals surface area (Å²) in [4.78, 5) is 62.0. The van der Waals surface area contributed by atoms with E-state index in [0.717, 1.165) is 12.2 Å². The zero-order valence-electron chi connectivity index (χ0n) is 61.2. The van der Waals surface area contributed by atoms with Crippen molar-refractivity contribution >= 4 is 23.1 Å². The maximum atomic E-state index is 15.6. The maximum absolute atomic E-state index is 15.6. The Hall–Kier alpha value is -4.96. The van der Waals surface area contributed by atoms with Crippen molar-refractivity contribution in [2.75, 3.05) is 39.6 Å². The minimum atomic E-state index is -2.06. The van der Waals surface area contributed by atoms with E-state index in [1.54, 1.807) is 46.8 Å². The molecule has 11 aliphatic rings. The van der Waals surface area contributed by atoms with Gasteiger partial charge in [-0.05, 0) is 117 Å². The van der Waals surface area contributed by atoms with Gasteiger partial charge in [0, 0.05) is 22.2 Å². The van der Waals surface area contributed by atoms with Crippen LogP contribution in [0.4, 0.5) is 0 Å². The Bertz CT molecular complexity index is 3680. The van der Waals surface area contributed by atoms with E-state index in [1.807, 2.05) is 0 Å². The van der Waals surface area contributed by atoms with E-state index in [4.69, 9.17) is 37.9 Å². The van der Waals surface area contributed by atoms with Crippen LogP contribution in [0, 0.1) is 69.5 Å². The highest BCUT2D eigenvalue weighted by atomic mass is 16.7. The fraction of sp³-hybridized carbons (Fsp3) is 0.688. The molecule has 5 aliphatic carbocycles. The molecule has 0 aromatic rings. The molecule has 0 aromatic carbocycles. The summed E-state index contributed by atoms with van der Waals surface area (Å²) in [5, 5.41) is 203. The van der Waals surface area contributed by atoms with Gasteiger partial charge in [-0.2, -0.15) is 0 Å². The molecule has 4 spiro atoms. The third-order valence-electron chi connectivity index (χ3n) is 25.3. The molecule has 8 bridgehead atoms. The molecule has 30 heteroatoms. The van der Waals surface area contributed by atoms with Crippen molar-refractivity contribution in [2.24, 2.45) is 69.5 Å². The second-order valence-electron chi connectivity index (χ2n) is 32.1. The SMILES string of the molecule is C/C1=C\C=C\C2(C)C=C(CO[C@H]3O[C@H](CO)[C@H](O)[C@H](O)[C@H]3O)C(C)CC23OC(O)C(C3=O)C(O)/C=C/C2(C)C=C(CO)C(C)CC23OC(O)C(C3=O)C(O)/C(C)=C/C=C/C2C=C(CO[C@H]3O[C@H](CO)[C@H](O)[C@H](O)[C@H]3O)C(C)CC23OC(O)C(C3=O)C(O)/C=C/C2(C)C=C(CO)C(C)CC23OC(O)C(C3=O)C1O. The number of allylic oxidation sites excluding steroid dienone is 4. The number of fused-ring (bicyclic) bond motifs is 4. The highest BCUT2D eigenvalue weighted by Crippen LogP contribution is 2.59. The summed E-state index contributed by atoms with van der Waals surface area (Å²) < 4.78 is 48.7. The number of carbonyl (C=O) groups excluding carboxylic acids is 4. The molecule has 6 saturated heterocycles. The molecule has 34 atom stereocenters. The Labute approximate surface area is 618 Å². The largest absolute Gasteiger partial charge is 0.394 e. The smallest absolute Gasteiger partial charge is 0.187 e. The second kappa shape index (κ2) is 31.2. The standard InChI is InChI=1S/C77H106O30/c1-34-12-10-14-44-20-40(32-100-69-59(90)57(88)55(86)47(30-80)102-69)36(3)21-74(44)61(92)49(65(96)104-74)45(82)15-18-72(8)25-41(28-78)38(5)23-77(72)64(95)52(68(99)107-77)54(85)35(2)13-11-17-71(7)27-43(33-101-70-60(91)58(89)56(87)48(31-81)103-70)39(6)24-75(71)62(93)50(66(97)105-75)46(83)16-19-73(9)26-42(29-79)37(4)22-76(73)63(94)51(53(34)84)67(98)106-76/h10-20,25-27,36-39,44-60,65-70,78-91,96-99H,21-24,28-33H2,1-9H3/b14-10+,17-11+,18-15+,19-16+,34-12+,35-13+/t36?,37?,38?,39?,44?,45?,46?,47-,48-,49?,50?,51?,52?,53?,54?,55+,56+,57+,58+,59-,60-,65?,66?,67?,68?,69+,70+,71?,72?,73?,74?,75?,76?,77?/m1/s1. The first-order valence-corrected chi connectivity index (χ1v) is 36.6. The fourth-order valence-electron chi connectivity index (χ4n) is 18.4. The Balaban J connectivity index is 1.01. The second-order valence-corrected chi connectivity index (χ2v) is 32.1. The number of ketones is 4. The normalized spacial score (nSPS) is 51.4. The molecule has 11 rings (SSSR count). The first-order valence-electron chi connectivity index (χ1n) is 36.6. The quantitative estimate of drug-likeness (QED) is 0.103. The molecule has 6 aliphatic heterocycles. The summed E-state index contributed by atoms with van der Waals surface area (Å²) in [6.07, 6.45) is -12.8. The summed E-state index contributed by atoms with van der Waals surface area (Å²) in [6.45, 7) is 11.2. The van der Waals surface area contributed by atoms with Crippen LogP contribution in [0.5, 0.6) is 0 Å². The van der Waals surface area contributed by atoms with E-state index < -0.39 is 252 Å². The van der Waals surface area contributed by atoms with Crippen molar-refractivity contribution in [2.45, 2.75) is 221 Å². The zero-order chi connectivity index (χ0) is 78.5. The van der Waals surface area contributed by atoms with Crippen LogP contribution >= 0.6 is 0 Å².